The molecule has 0 aliphatic rings. The van der Waals surface area contributed by atoms with Crippen LogP contribution in [0.4, 0.5) is 0 Å². The molecular weight excluding hydrogens is 324 g/mol. The lowest BCUT2D eigenvalue weighted by Crippen LogP contribution is -1.98. The van der Waals surface area contributed by atoms with Gasteiger partial charge in [0, 0.05) is 19.8 Å². The summed E-state index contributed by atoms with van der Waals surface area (Å²) in [5.74, 6) is 0.718. The lowest BCUT2D eigenvalue weighted by Gasteiger charge is -2.15. The van der Waals surface area contributed by atoms with Gasteiger partial charge in [0.2, 0.25) is 0 Å². The molecule has 0 fully saturated rings. The Hall–Kier alpha value is -0.970. The Balaban J connectivity index is 2.39. The Labute approximate surface area is 125 Å². The number of benzene rings is 2. The topological polar surface area (TPSA) is 29.5 Å². The highest BCUT2D eigenvalue weighted by molar-refractivity contribution is 9.10. The first-order chi connectivity index (χ1) is 9.11. The van der Waals surface area contributed by atoms with E-state index >= 15 is 0 Å². The molecule has 2 nitrogen and oxygen atoms in total. The molecule has 0 heterocycles. The fourth-order valence-corrected chi connectivity index (χ4v) is 3.53. The zero-order chi connectivity index (χ0) is 13.8. The summed E-state index contributed by atoms with van der Waals surface area (Å²) in [6.07, 6.45) is -0.564. The van der Waals surface area contributed by atoms with Gasteiger partial charge in [0.05, 0.1) is 13.2 Å². The molecule has 0 amide bonds. The zero-order valence-electron chi connectivity index (χ0n) is 10.8. The minimum absolute atomic E-state index is 0.564. The van der Waals surface area contributed by atoms with Crippen LogP contribution in [-0.2, 0) is 0 Å². The van der Waals surface area contributed by atoms with Crippen molar-refractivity contribution < 1.29 is 9.84 Å². The van der Waals surface area contributed by atoms with E-state index in [2.05, 4.69) is 22.0 Å². The smallest absolute Gasteiger partial charge is 0.125 e. The Bertz CT molecular complexity index is 570. The third-order valence-electron chi connectivity index (χ3n) is 2.69. The average Bonchev–Trinajstić information content (AvgIpc) is 2.38. The molecule has 4 heteroatoms. The monoisotopic (exact) mass is 338 g/mol. The maximum absolute atomic E-state index is 9.95. The van der Waals surface area contributed by atoms with Crippen LogP contribution in [0.5, 0.6) is 5.75 Å². The molecule has 0 aliphatic heterocycles. The lowest BCUT2D eigenvalue weighted by molar-refractivity contribution is 0.191. The van der Waals surface area contributed by atoms with Crippen molar-refractivity contribution in [1.29, 1.82) is 0 Å². The number of halogens is 1. The summed E-state index contributed by atoms with van der Waals surface area (Å²) in [4.78, 5) is 2.12. The molecule has 2 aromatic carbocycles. The van der Waals surface area contributed by atoms with Crippen LogP contribution in [-0.4, -0.2) is 12.2 Å². The van der Waals surface area contributed by atoms with Gasteiger partial charge in [0.1, 0.15) is 5.75 Å². The van der Waals surface area contributed by atoms with Crippen molar-refractivity contribution in [3.63, 3.8) is 0 Å². The molecule has 0 bridgehead atoms. The van der Waals surface area contributed by atoms with E-state index in [0.29, 0.717) is 0 Å². The lowest BCUT2D eigenvalue weighted by atomic mass is 10.1. The highest BCUT2D eigenvalue weighted by Gasteiger charge is 2.14. The van der Waals surface area contributed by atoms with Gasteiger partial charge in [-0.2, -0.15) is 0 Å². The number of hydrogen-bond donors (Lipinski definition) is 1. The molecule has 2 rings (SSSR count). The first-order valence-electron chi connectivity index (χ1n) is 5.90. The molecule has 0 spiro atoms. The van der Waals surface area contributed by atoms with Gasteiger partial charge >= 0.3 is 0 Å². The molecule has 2 aromatic rings. The van der Waals surface area contributed by atoms with Crippen molar-refractivity contribution in [3.8, 4) is 5.75 Å². The summed E-state index contributed by atoms with van der Waals surface area (Å²) in [5.41, 5.74) is 0.829. The number of hydrogen-bond acceptors (Lipinski definition) is 3. The summed E-state index contributed by atoms with van der Waals surface area (Å²) in [7, 11) is 1.62. The van der Waals surface area contributed by atoms with Crippen molar-refractivity contribution in [1.82, 2.24) is 0 Å². The van der Waals surface area contributed by atoms with Crippen molar-refractivity contribution in [2.75, 3.05) is 7.11 Å². The molecule has 19 heavy (non-hydrogen) atoms. The maximum atomic E-state index is 9.95. The molecule has 0 saturated heterocycles. The predicted molar refractivity (Wildman–Crippen MR) is 81.9 cm³/mol. The van der Waals surface area contributed by atoms with E-state index in [4.69, 9.17) is 4.74 Å². The molecule has 0 aliphatic carbocycles. The van der Waals surface area contributed by atoms with Crippen LogP contribution < -0.4 is 4.74 Å². The van der Waals surface area contributed by atoms with Gasteiger partial charge in [-0.3, -0.25) is 0 Å². The van der Waals surface area contributed by atoms with Gasteiger partial charge in [-0.25, -0.2) is 0 Å². The van der Waals surface area contributed by atoms with Crippen molar-refractivity contribution >= 4 is 27.7 Å². The van der Waals surface area contributed by atoms with Gasteiger partial charge in [-0.1, -0.05) is 39.8 Å². The highest BCUT2D eigenvalue weighted by Crippen LogP contribution is 2.38. The second kappa shape index (κ2) is 6.46. The number of rotatable bonds is 4. The molecule has 1 atom stereocenters. The first-order valence-corrected chi connectivity index (χ1v) is 7.51. The van der Waals surface area contributed by atoms with E-state index in [9.17, 15) is 5.11 Å². The SMILES string of the molecule is COc1cccc(Sc2cccc(Br)c2)c1[C@H](C)O. The fraction of sp³-hybridized carbons (Fsp3) is 0.200. The minimum Gasteiger partial charge on any atom is -0.496 e. The third-order valence-corrected chi connectivity index (χ3v) is 4.25. The van der Waals surface area contributed by atoms with E-state index in [-0.39, 0.29) is 0 Å². The quantitative estimate of drug-likeness (QED) is 0.878. The zero-order valence-corrected chi connectivity index (χ0v) is 13.2. The van der Waals surface area contributed by atoms with E-state index in [1.54, 1.807) is 25.8 Å². The van der Waals surface area contributed by atoms with Crippen LogP contribution in [0.3, 0.4) is 0 Å². The molecule has 0 radical (unpaired) electrons. The van der Waals surface area contributed by atoms with Crippen molar-refractivity contribution in [2.24, 2.45) is 0 Å². The third kappa shape index (κ3) is 3.53. The van der Waals surface area contributed by atoms with E-state index in [1.165, 1.54) is 0 Å². The minimum atomic E-state index is -0.564. The van der Waals surface area contributed by atoms with Gasteiger partial charge in [-0.15, -0.1) is 0 Å². The molecular formula is C15H15BrO2S. The van der Waals surface area contributed by atoms with Crippen LogP contribution in [0.15, 0.2) is 56.7 Å². The Kier molecular flexibility index (Phi) is 4.91. The van der Waals surface area contributed by atoms with Gasteiger partial charge in [0.25, 0.3) is 0 Å². The number of aliphatic hydroxyl groups is 1. The molecule has 100 valence electrons. The second-order valence-electron chi connectivity index (χ2n) is 4.11. The van der Waals surface area contributed by atoms with E-state index in [0.717, 1.165) is 25.6 Å². The predicted octanol–water partition coefficient (Wildman–Crippen LogP) is 4.66. The Morgan fingerprint density at radius 3 is 2.58 bits per heavy atom. The molecule has 0 aromatic heterocycles. The largest absolute Gasteiger partial charge is 0.496 e. The van der Waals surface area contributed by atoms with Gasteiger partial charge < -0.3 is 9.84 Å². The van der Waals surface area contributed by atoms with Crippen LogP contribution in [0.25, 0.3) is 0 Å². The van der Waals surface area contributed by atoms with Crippen LogP contribution in [0, 0.1) is 0 Å². The molecule has 0 saturated carbocycles. The Morgan fingerprint density at radius 2 is 1.95 bits per heavy atom. The summed E-state index contributed by atoms with van der Waals surface area (Å²) < 4.78 is 6.37. The van der Waals surface area contributed by atoms with E-state index < -0.39 is 6.10 Å². The summed E-state index contributed by atoms with van der Waals surface area (Å²) >= 11 is 5.08. The standard InChI is InChI=1S/C15H15BrO2S/c1-10(17)15-13(18-2)7-4-8-14(15)19-12-6-3-5-11(16)9-12/h3-10,17H,1-2H3/t10-/m0/s1. The summed E-state index contributed by atoms with van der Waals surface area (Å²) in [6.45, 7) is 1.75. The Morgan fingerprint density at radius 1 is 1.21 bits per heavy atom. The van der Waals surface area contributed by atoms with Crippen molar-refractivity contribution in [2.45, 2.75) is 22.8 Å². The van der Waals surface area contributed by atoms with Crippen molar-refractivity contribution in [3.05, 3.63) is 52.5 Å². The number of aliphatic hydroxyl groups excluding tert-OH is 1. The molecule has 1 N–H and O–H groups in total. The van der Waals surface area contributed by atoms with Crippen LogP contribution in [0.2, 0.25) is 0 Å². The summed E-state index contributed by atoms with van der Waals surface area (Å²) in [6, 6.07) is 13.9. The number of ether oxygens (including phenoxy) is 1. The van der Waals surface area contributed by atoms with E-state index in [1.807, 2.05) is 36.4 Å². The fourth-order valence-electron chi connectivity index (χ4n) is 1.86. The van der Waals surface area contributed by atoms with Gasteiger partial charge in [-0.05, 0) is 37.3 Å². The van der Waals surface area contributed by atoms with Crippen LogP contribution in [0.1, 0.15) is 18.6 Å². The van der Waals surface area contributed by atoms with Crippen LogP contribution >= 0.6 is 27.7 Å². The molecule has 0 unspecified atom stereocenters. The highest BCUT2D eigenvalue weighted by atomic mass is 79.9. The summed E-state index contributed by atoms with van der Waals surface area (Å²) in [5, 5.41) is 9.95. The number of methoxy groups -OCH3 is 1. The van der Waals surface area contributed by atoms with Gasteiger partial charge in [0.15, 0.2) is 0 Å². The normalized spacial score (nSPS) is 12.2. The first kappa shape index (κ1) is 14.4. The second-order valence-corrected chi connectivity index (χ2v) is 6.14. The average molecular weight is 339 g/mol. The maximum Gasteiger partial charge on any atom is 0.125 e.